The van der Waals surface area contributed by atoms with E-state index in [-0.39, 0.29) is 29.1 Å². The van der Waals surface area contributed by atoms with Gasteiger partial charge in [-0.3, -0.25) is 24.4 Å². The molecule has 1 aromatic carbocycles. The Balaban J connectivity index is 1.40. The van der Waals surface area contributed by atoms with Crippen LogP contribution >= 0.6 is 0 Å². The van der Waals surface area contributed by atoms with Gasteiger partial charge in [-0.25, -0.2) is 9.37 Å². The largest absolute Gasteiger partial charge is 0.354 e. The number of benzene rings is 1. The van der Waals surface area contributed by atoms with Gasteiger partial charge >= 0.3 is 0 Å². The summed E-state index contributed by atoms with van der Waals surface area (Å²) in [4.78, 5) is 40.0. The lowest BCUT2D eigenvalue weighted by Crippen LogP contribution is -2.53. The van der Waals surface area contributed by atoms with Gasteiger partial charge in [0.2, 0.25) is 0 Å². The topological polar surface area (TPSA) is 93.7 Å². The van der Waals surface area contributed by atoms with E-state index in [1.807, 2.05) is 19.9 Å². The highest BCUT2D eigenvalue weighted by Crippen LogP contribution is 2.20. The molecule has 1 aromatic heterocycles. The SMILES string of the molecule is CCc1nc2c(F)cc(CN3CCN(C4C=CC(C(=O)NC)=NC4C)CC3)cc2[nH]c1=O. The number of aliphatic imine (C=N–C) groups is 1. The number of aromatic nitrogens is 2. The summed E-state index contributed by atoms with van der Waals surface area (Å²) < 4.78 is 14.7. The van der Waals surface area contributed by atoms with Crippen LogP contribution in [0.5, 0.6) is 0 Å². The van der Waals surface area contributed by atoms with Crippen LogP contribution < -0.4 is 10.9 Å². The summed E-state index contributed by atoms with van der Waals surface area (Å²) in [7, 11) is 1.60. The minimum absolute atomic E-state index is 0.00534. The number of piperazine rings is 1. The highest BCUT2D eigenvalue weighted by atomic mass is 19.1. The Morgan fingerprint density at radius 3 is 2.69 bits per heavy atom. The first-order valence-corrected chi connectivity index (χ1v) is 11.1. The lowest BCUT2D eigenvalue weighted by atomic mass is 10.0. The molecular weight excluding hydrogens is 411 g/mol. The second-order valence-corrected chi connectivity index (χ2v) is 8.34. The van der Waals surface area contributed by atoms with Crippen molar-refractivity contribution >= 4 is 22.7 Å². The van der Waals surface area contributed by atoms with Gasteiger partial charge in [0.1, 0.15) is 16.9 Å². The molecule has 1 fully saturated rings. The molecule has 1 saturated heterocycles. The number of hydrogen-bond acceptors (Lipinski definition) is 6. The van der Waals surface area contributed by atoms with Crippen molar-refractivity contribution in [1.82, 2.24) is 25.1 Å². The number of halogens is 1. The average molecular weight is 441 g/mol. The molecule has 32 heavy (non-hydrogen) atoms. The van der Waals surface area contributed by atoms with Gasteiger partial charge in [-0.15, -0.1) is 0 Å². The van der Waals surface area contributed by atoms with E-state index in [0.717, 1.165) is 31.7 Å². The smallest absolute Gasteiger partial charge is 0.270 e. The summed E-state index contributed by atoms with van der Waals surface area (Å²) >= 11 is 0. The van der Waals surface area contributed by atoms with E-state index in [4.69, 9.17) is 0 Å². The number of aromatic amines is 1. The molecule has 2 aromatic rings. The third-order valence-electron chi connectivity index (χ3n) is 6.20. The molecule has 0 spiro atoms. The third-order valence-corrected chi connectivity index (χ3v) is 6.20. The lowest BCUT2D eigenvalue weighted by molar-refractivity contribution is -0.114. The number of nitrogens with one attached hydrogen (secondary N) is 2. The Morgan fingerprint density at radius 2 is 2.03 bits per heavy atom. The van der Waals surface area contributed by atoms with Crippen LogP contribution in [0, 0.1) is 5.82 Å². The van der Waals surface area contributed by atoms with E-state index >= 15 is 0 Å². The van der Waals surface area contributed by atoms with E-state index in [1.165, 1.54) is 6.07 Å². The van der Waals surface area contributed by atoms with Gasteiger partial charge < -0.3 is 10.3 Å². The highest BCUT2D eigenvalue weighted by Gasteiger charge is 2.29. The van der Waals surface area contributed by atoms with Gasteiger partial charge in [0.15, 0.2) is 5.82 Å². The monoisotopic (exact) mass is 440 g/mol. The minimum Gasteiger partial charge on any atom is -0.354 e. The van der Waals surface area contributed by atoms with Crippen LogP contribution in [-0.4, -0.2) is 76.7 Å². The van der Waals surface area contributed by atoms with Gasteiger partial charge in [0, 0.05) is 39.8 Å². The quantitative estimate of drug-likeness (QED) is 0.730. The molecule has 2 aliphatic rings. The summed E-state index contributed by atoms with van der Waals surface area (Å²) in [5.74, 6) is -0.575. The first kappa shape index (κ1) is 22.3. The van der Waals surface area contributed by atoms with Crippen LogP contribution in [0.1, 0.15) is 25.1 Å². The van der Waals surface area contributed by atoms with E-state index in [2.05, 4.69) is 36.2 Å². The highest BCUT2D eigenvalue weighted by molar-refractivity contribution is 6.43. The summed E-state index contributed by atoms with van der Waals surface area (Å²) in [6.45, 7) is 7.86. The zero-order valence-electron chi connectivity index (χ0n) is 18.7. The van der Waals surface area contributed by atoms with Crippen molar-refractivity contribution in [1.29, 1.82) is 0 Å². The summed E-state index contributed by atoms with van der Waals surface area (Å²) in [6.07, 6.45) is 4.32. The number of aryl methyl sites for hydroxylation is 1. The van der Waals surface area contributed by atoms with Crippen LogP contribution in [0.4, 0.5) is 4.39 Å². The number of rotatable bonds is 5. The average Bonchev–Trinajstić information content (AvgIpc) is 2.78. The van der Waals surface area contributed by atoms with Crippen LogP contribution in [0.2, 0.25) is 0 Å². The molecule has 170 valence electrons. The zero-order valence-corrected chi connectivity index (χ0v) is 18.7. The Hall–Kier alpha value is -2.91. The second kappa shape index (κ2) is 9.30. The molecular formula is C23H29FN6O2. The second-order valence-electron chi connectivity index (χ2n) is 8.34. The fraction of sp³-hybridized carbons (Fsp3) is 0.478. The summed E-state index contributed by atoms with van der Waals surface area (Å²) in [5.41, 5.74) is 2.01. The van der Waals surface area contributed by atoms with E-state index in [9.17, 15) is 14.0 Å². The van der Waals surface area contributed by atoms with E-state index in [0.29, 0.717) is 29.9 Å². The van der Waals surface area contributed by atoms with E-state index in [1.54, 1.807) is 13.1 Å². The molecule has 0 saturated carbocycles. The number of nitrogens with zero attached hydrogens (tertiary/aromatic N) is 4. The molecule has 0 radical (unpaired) electrons. The summed E-state index contributed by atoms with van der Waals surface area (Å²) in [5, 5.41) is 2.61. The molecule has 4 rings (SSSR count). The maximum atomic E-state index is 14.7. The fourth-order valence-corrected chi connectivity index (χ4v) is 4.43. The number of amides is 1. The Labute approximate surface area is 186 Å². The van der Waals surface area contributed by atoms with Crippen molar-refractivity contribution in [2.75, 3.05) is 33.2 Å². The van der Waals surface area contributed by atoms with Crippen molar-refractivity contribution in [3.8, 4) is 0 Å². The fourth-order valence-electron chi connectivity index (χ4n) is 4.43. The predicted octanol–water partition coefficient (Wildman–Crippen LogP) is 1.26. The molecule has 2 unspecified atom stereocenters. The molecule has 2 aliphatic heterocycles. The summed E-state index contributed by atoms with van der Waals surface area (Å²) in [6, 6.07) is 3.50. The van der Waals surface area contributed by atoms with Crippen LogP contribution in [0.25, 0.3) is 11.0 Å². The van der Waals surface area contributed by atoms with Gasteiger partial charge in [0.25, 0.3) is 11.5 Å². The molecule has 0 aliphatic carbocycles. The standard InChI is InChI=1S/C23H29FN6O2/c1-4-17-23(32)28-19-12-15(11-16(24)21(19)27-17)13-29-7-9-30(10-8-29)20-6-5-18(22(31)25-3)26-14(20)2/h5-6,11-12,14,20H,4,7-10,13H2,1-3H3,(H,25,31)(H,28,32). The maximum absolute atomic E-state index is 14.7. The maximum Gasteiger partial charge on any atom is 0.270 e. The number of hydrogen-bond donors (Lipinski definition) is 2. The number of carbonyl (C=O) groups is 1. The number of dihydropyridines is 1. The Kier molecular flexibility index (Phi) is 6.48. The molecule has 9 heteroatoms. The van der Waals surface area contributed by atoms with Gasteiger partial charge in [-0.05, 0) is 37.1 Å². The normalized spacial score (nSPS) is 22.2. The molecule has 1 amide bonds. The molecule has 0 bridgehead atoms. The van der Waals surface area contributed by atoms with Gasteiger partial charge in [0.05, 0.1) is 17.6 Å². The Morgan fingerprint density at radius 1 is 1.28 bits per heavy atom. The van der Waals surface area contributed by atoms with Crippen LogP contribution in [0.3, 0.4) is 0 Å². The van der Waals surface area contributed by atoms with Gasteiger partial charge in [-0.1, -0.05) is 13.0 Å². The van der Waals surface area contributed by atoms with Crippen molar-refractivity contribution in [2.24, 2.45) is 4.99 Å². The van der Waals surface area contributed by atoms with Gasteiger partial charge in [-0.2, -0.15) is 0 Å². The third kappa shape index (κ3) is 4.49. The first-order chi connectivity index (χ1) is 15.4. The molecule has 3 heterocycles. The molecule has 2 atom stereocenters. The lowest BCUT2D eigenvalue weighted by Gasteiger charge is -2.40. The minimum atomic E-state index is -0.409. The predicted molar refractivity (Wildman–Crippen MR) is 122 cm³/mol. The van der Waals surface area contributed by atoms with Crippen molar-refractivity contribution in [2.45, 2.75) is 38.9 Å². The zero-order chi connectivity index (χ0) is 22.8. The molecule has 2 N–H and O–H groups in total. The van der Waals surface area contributed by atoms with Crippen molar-refractivity contribution < 1.29 is 9.18 Å². The Bertz CT molecular complexity index is 1130. The number of fused-ring (bicyclic) bond motifs is 1. The number of H-pyrrole nitrogens is 1. The van der Waals surface area contributed by atoms with Crippen LogP contribution in [-0.2, 0) is 17.8 Å². The van der Waals surface area contributed by atoms with Crippen LogP contribution in [0.15, 0.2) is 34.1 Å². The number of carbonyl (C=O) groups excluding carboxylic acids is 1. The molecule has 8 nitrogen and oxygen atoms in total. The first-order valence-electron chi connectivity index (χ1n) is 11.1. The van der Waals surface area contributed by atoms with Crippen molar-refractivity contribution in [3.05, 3.63) is 51.7 Å². The van der Waals surface area contributed by atoms with Crippen molar-refractivity contribution in [3.63, 3.8) is 0 Å². The van der Waals surface area contributed by atoms with E-state index < -0.39 is 5.82 Å².